The van der Waals surface area contributed by atoms with Gasteiger partial charge in [0.2, 0.25) is 0 Å². The van der Waals surface area contributed by atoms with E-state index in [1.165, 1.54) is 11.1 Å². The van der Waals surface area contributed by atoms with Crippen LogP contribution in [-0.2, 0) is 0 Å². The van der Waals surface area contributed by atoms with Crippen LogP contribution < -0.4 is 4.90 Å². The van der Waals surface area contributed by atoms with E-state index in [2.05, 4.69) is 81.4 Å². The van der Waals surface area contributed by atoms with Gasteiger partial charge in [-0.25, -0.2) is 0 Å². The van der Waals surface area contributed by atoms with E-state index in [1.807, 2.05) is 17.0 Å². The molecule has 0 unspecified atom stereocenters. The Bertz CT molecular complexity index is 1230. The minimum atomic E-state index is 0.0478. The SMILES string of the molecule is Cc1ccc(-c2ccc3c4c(cccc24)C(=O)N3c2cc(C)cc(C)c2)cc1. The number of carbonyl (C=O) groups excluding carboxylic acids is 1. The molecule has 0 spiro atoms. The van der Waals surface area contributed by atoms with Gasteiger partial charge >= 0.3 is 0 Å². The van der Waals surface area contributed by atoms with Gasteiger partial charge in [-0.2, -0.15) is 0 Å². The summed E-state index contributed by atoms with van der Waals surface area (Å²) < 4.78 is 0. The van der Waals surface area contributed by atoms with Gasteiger partial charge in [-0.05, 0) is 72.7 Å². The zero-order valence-corrected chi connectivity index (χ0v) is 16.3. The van der Waals surface area contributed by atoms with Crippen molar-refractivity contribution in [2.75, 3.05) is 4.90 Å². The van der Waals surface area contributed by atoms with Crippen molar-refractivity contribution >= 4 is 28.1 Å². The van der Waals surface area contributed by atoms with Gasteiger partial charge in [0.1, 0.15) is 0 Å². The second kappa shape index (κ2) is 6.07. The number of amides is 1. The largest absolute Gasteiger partial charge is 0.276 e. The van der Waals surface area contributed by atoms with E-state index in [0.29, 0.717) is 0 Å². The molecule has 1 amide bonds. The zero-order chi connectivity index (χ0) is 19.4. The Hall–Kier alpha value is -3.39. The Labute approximate surface area is 165 Å². The van der Waals surface area contributed by atoms with E-state index in [4.69, 9.17) is 0 Å². The Kier molecular flexibility index (Phi) is 3.63. The molecule has 1 aliphatic heterocycles. The zero-order valence-electron chi connectivity index (χ0n) is 16.3. The lowest BCUT2D eigenvalue weighted by atomic mass is 9.95. The van der Waals surface area contributed by atoms with Crippen molar-refractivity contribution in [1.82, 2.24) is 0 Å². The summed E-state index contributed by atoms with van der Waals surface area (Å²) in [5.74, 6) is 0.0478. The predicted octanol–water partition coefficient (Wildman–Crippen LogP) is 6.72. The van der Waals surface area contributed by atoms with Crippen LogP contribution in [0.1, 0.15) is 27.0 Å². The summed E-state index contributed by atoms with van der Waals surface area (Å²) in [5, 5.41) is 2.17. The van der Waals surface area contributed by atoms with E-state index in [1.54, 1.807) is 0 Å². The third-order valence-electron chi connectivity index (χ3n) is 5.52. The lowest BCUT2D eigenvalue weighted by molar-refractivity contribution is 0.100. The molecule has 1 aliphatic rings. The van der Waals surface area contributed by atoms with Gasteiger partial charge < -0.3 is 0 Å². The van der Waals surface area contributed by atoms with Crippen LogP contribution >= 0.6 is 0 Å². The molecule has 2 nitrogen and oxygen atoms in total. The minimum Gasteiger partial charge on any atom is -0.276 e. The number of rotatable bonds is 2. The highest BCUT2D eigenvalue weighted by atomic mass is 16.2. The molecule has 0 aliphatic carbocycles. The maximum absolute atomic E-state index is 13.3. The van der Waals surface area contributed by atoms with Gasteiger partial charge in [-0.15, -0.1) is 0 Å². The normalized spacial score (nSPS) is 12.8. The molecule has 0 saturated carbocycles. The number of hydrogen-bond donors (Lipinski definition) is 0. The van der Waals surface area contributed by atoms with Crippen molar-refractivity contribution in [1.29, 1.82) is 0 Å². The van der Waals surface area contributed by atoms with Crippen LogP contribution in [0, 0.1) is 20.8 Å². The quantitative estimate of drug-likeness (QED) is 0.387. The summed E-state index contributed by atoms with van der Waals surface area (Å²) in [5.41, 5.74) is 8.57. The predicted molar refractivity (Wildman–Crippen MR) is 117 cm³/mol. The lowest BCUT2D eigenvalue weighted by Gasteiger charge is -2.19. The summed E-state index contributed by atoms with van der Waals surface area (Å²) in [7, 11) is 0. The minimum absolute atomic E-state index is 0.0478. The monoisotopic (exact) mass is 363 g/mol. The molecule has 136 valence electrons. The van der Waals surface area contributed by atoms with Crippen LogP contribution in [0.2, 0.25) is 0 Å². The van der Waals surface area contributed by atoms with Crippen LogP contribution in [0.4, 0.5) is 11.4 Å². The van der Waals surface area contributed by atoms with Gasteiger partial charge in [0, 0.05) is 11.1 Å². The standard InChI is InChI=1S/C26H21NO/c1-16-7-9-19(10-8-16)21-11-12-24-25-22(21)5-4-6-23(25)26(28)27(24)20-14-17(2)13-18(3)15-20/h4-15H,1-3H3. The molecular weight excluding hydrogens is 342 g/mol. The first-order valence-electron chi connectivity index (χ1n) is 9.58. The van der Waals surface area contributed by atoms with Crippen molar-refractivity contribution in [2.45, 2.75) is 20.8 Å². The summed E-state index contributed by atoms with van der Waals surface area (Å²) in [6.45, 7) is 6.23. The molecule has 0 N–H and O–H groups in total. The van der Waals surface area contributed by atoms with Gasteiger partial charge in [-0.1, -0.05) is 54.1 Å². The van der Waals surface area contributed by atoms with Crippen molar-refractivity contribution in [3.8, 4) is 11.1 Å². The van der Waals surface area contributed by atoms with Crippen LogP contribution in [-0.4, -0.2) is 5.91 Å². The van der Waals surface area contributed by atoms with Crippen molar-refractivity contribution in [3.63, 3.8) is 0 Å². The summed E-state index contributed by atoms with van der Waals surface area (Å²) in [4.78, 5) is 15.2. The van der Waals surface area contributed by atoms with Gasteiger partial charge in [0.25, 0.3) is 5.91 Å². The number of hydrogen-bond acceptors (Lipinski definition) is 1. The fourth-order valence-corrected chi connectivity index (χ4v) is 4.30. The van der Waals surface area contributed by atoms with E-state index in [9.17, 15) is 4.79 Å². The Morgan fingerprint density at radius 2 is 1.39 bits per heavy atom. The smallest absolute Gasteiger partial charge is 0.263 e. The molecule has 28 heavy (non-hydrogen) atoms. The third kappa shape index (κ3) is 2.45. The van der Waals surface area contributed by atoms with E-state index in [0.717, 1.165) is 44.4 Å². The highest BCUT2D eigenvalue weighted by Gasteiger charge is 2.31. The molecule has 0 aromatic heterocycles. The van der Waals surface area contributed by atoms with Gasteiger partial charge in [0.15, 0.2) is 0 Å². The Morgan fingerprint density at radius 3 is 2.11 bits per heavy atom. The molecule has 0 atom stereocenters. The topological polar surface area (TPSA) is 20.3 Å². The number of benzene rings is 4. The van der Waals surface area contributed by atoms with Crippen LogP contribution in [0.25, 0.3) is 21.9 Å². The maximum atomic E-state index is 13.3. The number of aryl methyl sites for hydroxylation is 3. The fourth-order valence-electron chi connectivity index (χ4n) is 4.30. The Balaban J connectivity index is 1.76. The number of anilines is 2. The second-order valence-electron chi connectivity index (χ2n) is 7.71. The van der Waals surface area contributed by atoms with E-state index < -0.39 is 0 Å². The number of nitrogens with zero attached hydrogens (tertiary/aromatic N) is 1. The van der Waals surface area contributed by atoms with Crippen LogP contribution in [0.15, 0.2) is 72.8 Å². The Morgan fingerprint density at radius 1 is 0.679 bits per heavy atom. The number of carbonyl (C=O) groups is 1. The van der Waals surface area contributed by atoms with Gasteiger partial charge in [-0.3, -0.25) is 9.69 Å². The van der Waals surface area contributed by atoms with Crippen molar-refractivity contribution in [2.24, 2.45) is 0 Å². The summed E-state index contributed by atoms with van der Waals surface area (Å²) in [6.07, 6.45) is 0. The molecule has 0 fully saturated rings. The third-order valence-corrected chi connectivity index (χ3v) is 5.52. The molecule has 0 saturated heterocycles. The van der Waals surface area contributed by atoms with Crippen LogP contribution in [0.3, 0.4) is 0 Å². The van der Waals surface area contributed by atoms with Gasteiger partial charge in [0.05, 0.1) is 11.3 Å². The summed E-state index contributed by atoms with van der Waals surface area (Å²) >= 11 is 0. The molecule has 0 bridgehead atoms. The highest BCUT2D eigenvalue weighted by Crippen LogP contribution is 2.45. The molecule has 2 heteroatoms. The fraction of sp³-hybridized carbons (Fsp3) is 0.115. The second-order valence-corrected chi connectivity index (χ2v) is 7.71. The maximum Gasteiger partial charge on any atom is 0.263 e. The first-order chi connectivity index (χ1) is 13.5. The molecule has 0 radical (unpaired) electrons. The highest BCUT2D eigenvalue weighted by molar-refractivity contribution is 6.29. The average Bonchev–Trinajstić information content (AvgIpc) is 2.96. The van der Waals surface area contributed by atoms with Crippen molar-refractivity contribution < 1.29 is 4.79 Å². The summed E-state index contributed by atoms with van der Waals surface area (Å²) in [6, 6.07) is 25.1. The molecule has 4 aromatic carbocycles. The molecule has 5 rings (SSSR count). The first kappa shape index (κ1) is 16.8. The van der Waals surface area contributed by atoms with E-state index >= 15 is 0 Å². The van der Waals surface area contributed by atoms with Crippen molar-refractivity contribution in [3.05, 3.63) is 95.1 Å². The average molecular weight is 363 g/mol. The molecule has 4 aromatic rings. The van der Waals surface area contributed by atoms with E-state index in [-0.39, 0.29) is 5.91 Å². The molecular formula is C26H21NO. The molecule has 1 heterocycles. The first-order valence-corrected chi connectivity index (χ1v) is 9.58. The lowest BCUT2D eigenvalue weighted by Crippen LogP contribution is -2.21. The van der Waals surface area contributed by atoms with Crippen LogP contribution in [0.5, 0.6) is 0 Å².